The standard InChI is InChI=1S/C14H19ClN2O3.C8H14O4.C6H7ClN2.B10/c1-14(2,3)20-13(19)5-4-12(18)17-11-7-9(15)6-10(16)8-11;1-8(2,3)12-7(11)5-4-6(9)10;7-4-1-5(8)3-6(9)2-4;1-7(2)10(8(3)4)9(5)6/h6-8H,4-5,16H2,1-3H3,(H,17,18);4-5H2,1-3H3,(H,9,10);1-3H,8-9H2;. The molecule has 51 heavy (non-hydrogen) atoms. The van der Waals surface area contributed by atoms with Gasteiger partial charge >= 0.3 is 17.9 Å². The lowest BCUT2D eigenvalue weighted by atomic mass is 8.58. The Labute approximate surface area is 321 Å². The summed E-state index contributed by atoms with van der Waals surface area (Å²) in [5, 5.41) is 11.9. The van der Waals surface area contributed by atoms with Crippen molar-refractivity contribution in [2.45, 2.75) is 78.4 Å². The first kappa shape index (κ1) is 50.1. The molecule has 1 amide bonds. The third-order valence-corrected chi connectivity index (χ3v) is 5.86. The van der Waals surface area contributed by atoms with Crippen LogP contribution in [0.1, 0.15) is 67.2 Å². The summed E-state index contributed by atoms with van der Waals surface area (Å²) in [7, 11) is 31.8. The Morgan fingerprint density at radius 2 is 1.00 bits per heavy atom. The predicted molar refractivity (Wildman–Crippen MR) is 220 cm³/mol. The molecule has 2 rings (SSSR count). The van der Waals surface area contributed by atoms with Gasteiger partial charge < -0.3 is 37.1 Å². The highest BCUT2D eigenvalue weighted by molar-refractivity contribution is 8.00. The maximum absolute atomic E-state index is 11.7. The summed E-state index contributed by atoms with van der Waals surface area (Å²) in [6.07, 6.45) is -2.61. The topological polar surface area (TPSA) is 197 Å². The van der Waals surface area contributed by atoms with Gasteiger partial charge in [-0.15, -0.1) is 0 Å². The molecule has 0 aliphatic heterocycles. The van der Waals surface area contributed by atoms with Crippen LogP contribution in [-0.2, 0) is 28.7 Å². The molecule has 0 atom stereocenters. The maximum atomic E-state index is 11.7. The molecule has 0 heterocycles. The average Bonchev–Trinajstić information content (AvgIpc) is 2.88. The van der Waals surface area contributed by atoms with Crippen LogP contribution in [0.4, 0.5) is 22.7 Å². The van der Waals surface area contributed by atoms with Gasteiger partial charge in [0.25, 0.3) is 0 Å². The molecule has 2 aromatic carbocycles. The number of nitrogens with two attached hydrogens (primary N) is 3. The van der Waals surface area contributed by atoms with Crippen molar-refractivity contribution in [1.82, 2.24) is 0 Å². The Balaban J connectivity index is 0. The zero-order valence-corrected chi connectivity index (χ0v) is 31.5. The molecule has 11 nitrogen and oxygen atoms in total. The van der Waals surface area contributed by atoms with Crippen LogP contribution in [0.3, 0.4) is 0 Å². The normalized spacial score (nSPS) is 10.2. The number of ether oxygens (including phenoxy) is 2. The lowest BCUT2D eigenvalue weighted by Crippen LogP contribution is -2.62. The second-order valence-corrected chi connectivity index (χ2v) is 13.9. The lowest BCUT2D eigenvalue weighted by molar-refractivity contribution is -0.157. The van der Waals surface area contributed by atoms with Crippen LogP contribution in [0, 0.1) is 0 Å². The summed E-state index contributed by atoms with van der Waals surface area (Å²) in [6.45, 7) is 10.6. The Morgan fingerprint density at radius 3 is 1.29 bits per heavy atom. The van der Waals surface area contributed by atoms with E-state index in [1.807, 2.05) is 0 Å². The molecule has 8 N–H and O–H groups in total. The van der Waals surface area contributed by atoms with E-state index < -0.39 is 54.7 Å². The molecule has 0 aliphatic rings. The van der Waals surface area contributed by atoms with Crippen molar-refractivity contribution in [2.24, 2.45) is 0 Å². The van der Waals surface area contributed by atoms with E-state index in [1.54, 1.807) is 77.9 Å². The van der Waals surface area contributed by atoms with Crippen molar-refractivity contribution in [3.63, 3.8) is 0 Å². The molecule has 23 heteroatoms. The number of nitrogen functional groups attached to an aromatic ring is 3. The molecule has 258 valence electrons. The van der Waals surface area contributed by atoms with E-state index in [1.165, 1.54) is 0 Å². The van der Waals surface area contributed by atoms with Crippen LogP contribution in [0.5, 0.6) is 0 Å². The molecule has 0 bridgehead atoms. The first-order chi connectivity index (χ1) is 23.1. The van der Waals surface area contributed by atoms with Crippen LogP contribution in [0.25, 0.3) is 0 Å². The Hall–Kier alpha value is -3.05. The molecule has 0 saturated carbocycles. The Kier molecular flexibility index (Phi) is 23.8. The molecule has 2 aromatic rings. The SMILES string of the molecule is CC(C)(C)OC(=O)CCC(=O)Nc1cc(N)cc(Cl)c1.CC(C)(C)OC(=O)CCC(=O)O.Nc1cc(N)cc(Cl)c1.[B]B([B])B(B([B])[B])B([B])[B]. The number of anilines is 4. The zero-order chi connectivity index (χ0) is 40.3. The Bertz CT molecular complexity index is 1330. The second kappa shape index (κ2) is 24.2. The quantitative estimate of drug-likeness (QED) is 0.137. The molecule has 0 unspecified atom stereocenters. The van der Waals surface area contributed by atoms with Gasteiger partial charge in [0, 0.05) is 111 Å². The third kappa shape index (κ3) is 29.2. The Morgan fingerprint density at radius 1 is 0.647 bits per heavy atom. The van der Waals surface area contributed by atoms with E-state index in [4.69, 9.17) is 101 Å². The van der Waals surface area contributed by atoms with Crippen LogP contribution < -0.4 is 22.5 Å². The number of hydrogen-bond donors (Lipinski definition) is 5. The third-order valence-electron chi connectivity index (χ3n) is 5.42. The van der Waals surface area contributed by atoms with E-state index in [0.29, 0.717) is 32.8 Å². The molecule has 12 radical (unpaired) electrons. The van der Waals surface area contributed by atoms with Crippen molar-refractivity contribution < 1.29 is 33.8 Å². The summed E-state index contributed by atoms with van der Waals surface area (Å²) in [5.41, 5.74) is 17.5. The van der Waals surface area contributed by atoms with Crippen molar-refractivity contribution >= 4 is 142 Å². The number of benzene rings is 2. The van der Waals surface area contributed by atoms with Crippen molar-refractivity contribution in [3.05, 3.63) is 46.4 Å². The second-order valence-electron chi connectivity index (χ2n) is 13.0. The van der Waals surface area contributed by atoms with E-state index in [2.05, 4.69) is 5.32 Å². The first-order valence-corrected chi connectivity index (χ1v) is 16.2. The number of nitrogens with one attached hydrogen (secondary N) is 1. The predicted octanol–water partition coefficient (Wildman–Crippen LogP) is 1.87. The van der Waals surface area contributed by atoms with Crippen molar-refractivity contribution in [3.8, 4) is 0 Å². The van der Waals surface area contributed by atoms with E-state index in [-0.39, 0.29) is 31.6 Å². The number of carbonyl (C=O) groups is 4. The molecular formula is C28H40B10Cl2N4O7. The van der Waals surface area contributed by atoms with Gasteiger partial charge in [-0.05, 0) is 77.9 Å². The highest BCUT2D eigenvalue weighted by Crippen LogP contribution is 2.21. The summed E-state index contributed by atoms with van der Waals surface area (Å²) in [5.74, 6) is -2.15. The number of carbonyl (C=O) groups excluding carboxylic acids is 3. The number of aliphatic carboxylic acids is 1. The lowest BCUT2D eigenvalue weighted by Gasteiger charge is -2.23. The van der Waals surface area contributed by atoms with Crippen molar-refractivity contribution in [2.75, 3.05) is 22.5 Å². The minimum Gasteiger partial charge on any atom is -0.481 e. The van der Waals surface area contributed by atoms with Crippen LogP contribution in [0.15, 0.2) is 36.4 Å². The van der Waals surface area contributed by atoms with Gasteiger partial charge in [-0.2, -0.15) is 0 Å². The minimum absolute atomic E-state index is 0.0269. The fraction of sp³-hybridized carbons (Fsp3) is 0.429. The maximum Gasteiger partial charge on any atom is 0.306 e. The average molecular weight is 724 g/mol. The minimum atomic E-state index is -0.985. The summed E-state index contributed by atoms with van der Waals surface area (Å²) in [6, 6.07) is 9.72. The van der Waals surface area contributed by atoms with Gasteiger partial charge in [-0.3, -0.25) is 19.2 Å². The largest absolute Gasteiger partial charge is 0.481 e. The van der Waals surface area contributed by atoms with E-state index >= 15 is 0 Å². The van der Waals surface area contributed by atoms with Gasteiger partial charge in [-0.25, -0.2) is 0 Å². The van der Waals surface area contributed by atoms with Crippen LogP contribution in [0.2, 0.25) is 10.0 Å². The van der Waals surface area contributed by atoms with Crippen LogP contribution in [-0.4, -0.2) is 112 Å². The number of carboxylic acid groups (broad SMARTS) is 1. The van der Waals surface area contributed by atoms with Gasteiger partial charge in [0.05, 0.1) is 19.3 Å². The highest BCUT2D eigenvalue weighted by Gasteiger charge is 2.24. The summed E-state index contributed by atoms with van der Waals surface area (Å²) >= 11 is 11.4. The number of amides is 1. The van der Waals surface area contributed by atoms with Gasteiger partial charge in [-0.1, -0.05) is 23.2 Å². The number of carboxylic acids is 1. The number of halogens is 2. The van der Waals surface area contributed by atoms with E-state index in [0.717, 1.165) is 0 Å². The van der Waals surface area contributed by atoms with Gasteiger partial charge in [0.1, 0.15) is 11.2 Å². The van der Waals surface area contributed by atoms with Crippen LogP contribution >= 0.6 is 23.2 Å². The fourth-order valence-corrected chi connectivity index (χ4v) is 4.02. The number of hydrogen-bond acceptors (Lipinski definition) is 9. The van der Waals surface area contributed by atoms with Gasteiger partial charge in [0.2, 0.25) is 5.91 Å². The monoisotopic (exact) mass is 724 g/mol. The molecule has 0 saturated heterocycles. The molecule has 0 spiro atoms. The zero-order valence-electron chi connectivity index (χ0n) is 30.0. The summed E-state index contributed by atoms with van der Waals surface area (Å²) < 4.78 is 10.0. The highest BCUT2D eigenvalue weighted by atomic mass is 35.5. The smallest absolute Gasteiger partial charge is 0.306 e. The molecule has 0 fully saturated rings. The molecule has 0 aliphatic carbocycles. The molecule has 0 aromatic heterocycles. The van der Waals surface area contributed by atoms with Gasteiger partial charge in [0.15, 0.2) is 0 Å². The summed E-state index contributed by atoms with van der Waals surface area (Å²) in [4.78, 5) is 44.1. The fourth-order valence-electron chi connectivity index (χ4n) is 3.52. The first-order valence-electron chi connectivity index (χ1n) is 15.5. The number of rotatable bonds is 10. The van der Waals surface area contributed by atoms with Crippen molar-refractivity contribution in [1.29, 1.82) is 0 Å². The number of esters is 2. The molecular weight excluding hydrogens is 683 g/mol. The van der Waals surface area contributed by atoms with E-state index in [9.17, 15) is 19.2 Å².